The molecule has 166 valence electrons. The van der Waals surface area contributed by atoms with Crippen molar-refractivity contribution in [2.24, 2.45) is 0 Å². The van der Waals surface area contributed by atoms with Crippen LogP contribution in [0, 0.1) is 0 Å². The van der Waals surface area contributed by atoms with Crippen molar-refractivity contribution in [3.63, 3.8) is 0 Å². The number of benzene rings is 1. The van der Waals surface area contributed by atoms with E-state index in [0.29, 0.717) is 18.2 Å². The number of nitrogens with one attached hydrogen (secondary N) is 1. The highest BCUT2D eigenvalue weighted by molar-refractivity contribution is 7.99. The Bertz CT molecular complexity index is 1550. The van der Waals surface area contributed by atoms with Gasteiger partial charge in [-0.25, -0.2) is 15.0 Å². The monoisotopic (exact) mass is 499 g/mol. The van der Waals surface area contributed by atoms with Crippen LogP contribution < -0.4 is 10.1 Å². The van der Waals surface area contributed by atoms with Gasteiger partial charge in [0.25, 0.3) is 0 Å². The lowest BCUT2D eigenvalue weighted by Crippen LogP contribution is -2.01. The largest absolute Gasteiger partial charge is 0.485 e. The Balaban J connectivity index is 1.32. The summed E-state index contributed by atoms with van der Waals surface area (Å²) >= 11 is 4.83. The van der Waals surface area contributed by atoms with E-state index < -0.39 is 0 Å². The van der Waals surface area contributed by atoms with Crippen LogP contribution in [0.2, 0.25) is 0 Å². The first-order valence-corrected chi connectivity index (χ1v) is 13.0. The fourth-order valence-electron chi connectivity index (χ4n) is 3.40. The fraction of sp³-hybridized carbons (Fsp3) is 0.0400. The average molecular weight is 500 g/mol. The van der Waals surface area contributed by atoms with Crippen LogP contribution in [-0.4, -0.2) is 19.9 Å². The van der Waals surface area contributed by atoms with Crippen molar-refractivity contribution in [2.45, 2.75) is 16.4 Å². The number of anilines is 2. The maximum atomic E-state index is 6.23. The Morgan fingerprint density at radius 3 is 2.76 bits per heavy atom. The minimum Gasteiger partial charge on any atom is -0.485 e. The Kier molecular flexibility index (Phi) is 5.80. The summed E-state index contributed by atoms with van der Waals surface area (Å²) < 4.78 is 7.40. The summed E-state index contributed by atoms with van der Waals surface area (Å²) in [5.41, 5.74) is 2.95. The number of thiophene rings is 1. The zero-order valence-electron chi connectivity index (χ0n) is 17.7. The second-order valence-corrected chi connectivity index (χ2v) is 10.3. The molecule has 6 nitrogen and oxygen atoms in total. The van der Waals surface area contributed by atoms with Gasteiger partial charge in [0.15, 0.2) is 16.7 Å². The highest BCUT2D eigenvalue weighted by atomic mass is 32.2. The number of nitrogens with zero attached hydrogens (tertiary/aromatic N) is 4. The summed E-state index contributed by atoms with van der Waals surface area (Å²) in [4.78, 5) is 21.2. The van der Waals surface area contributed by atoms with Crippen molar-refractivity contribution in [2.75, 3.05) is 5.32 Å². The fourth-order valence-corrected chi connectivity index (χ4v) is 6.09. The van der Waals surface area contributed by atoms with Gasteiger partial charge in [-0.1, -0.05) is 53.4 Å². The maximum Gasteiger partial charge on any atom is 0.191 e. The molecule has 0 unspecified atom stereocenters. The molecule has 0 atom stereocenters. The van der Waals surface area contributed by atoms with Crippen LogP contribution in [0.5, 0.6) is 5.75 Å². The number of hydrogen-bond acceptors (Lipinski definition) is 9. The number of fused-ring (bicyclic) bond motifs is 2. The summed E-state index contributed by atoms with van der Waals surface area (Å²) in [6.45, 7) is 0.442. The van der Waals surface area contributed by atoms with Gasteiger partial charge in [0.1, 0.15) is 17.0 Å². The molecule has 6 aromatic rings. The van der Waals surface area contributed by atoms with Crippen molar-refractivity contribution in [1.29, 1.82) is 0 Å². The van der Waals surface area contributed by atoms with Crippen LogP contribution in [0.15, 0.2) is 94.4 Å². The minimum atomic E-state index is 0.442. The van der Waals surface area contributed by atoms with E-state index >= 15 is 0 Å². The lowest BCUT2D eigenvalue weighted by Gasteiger charge is -2.13. The Morgan fingerprint density at radius 1 is 0.912 bits per heavy atom. The lowest BCUT2D eigenvalue weighted by atomic mass is 10.2. The van der Waals surface area contributed by atoms with E-state index in [1.165, 1.54) is 16.0 Å². The molecule has 0 spiro atoms. The van der Waals surface area contributed by atoms with E-state index in [1.807, 2.05) is 73.1 Å². The second-order valence-electron chi connectivity index (χ2n) is 7.31. The van der Waals surface area contributed by atoms with Gasteiger partial charge in [0.05, 0.1) is 10.2 Å². The van der Waals surface area contributed by atoms with Gasteiger partial charge in [-0.15, -0.1) is 11.3 Å². The number of rotatable bonds is 7. The molecular formula is C25H17N5OS3. The third-order valence-corrected chi connectivity index (χ3v) is 7.97. The number of ether oxygens (including phenoxy) is 1. The Hall–Kier alpha value is -3.53. The van der Waals surface area contributed by atoms with Crippen molar-refractivity contribution in [3.8, 4) is 5.75 Å². The van der Waals surface area contributed by atoms with Crippen molar-refractivity contribution in [1.82, 2.24) is 19.9 Å². The van der Waals surface area contributed by atoms with Crippen molar-refractivity contribution < 1.29 is 4.74 Å². The van der Waals surface area contributed by atoms with E-state index in [2.05, 4.69) is 25.6 Å². The highest BCUT2D eigenvalue weighted by Crippen LogP contribution is 2.38. The zero-order valence-corrected chi connectivity index (χ0v) is 20.2. The van der Waals surface area contributed by atoms with Crippen LogP contribution >= 0.6 is 34.4 Å². The third-order valence-electron chi connectivity index (χ3n) is 4.99. The van der Waals surface area contributed by atoms with Gasteiger partial charge < -0.3 is 10.1 Å². The van der Waals surface area contributed by atoms with Gasteiger partial charge >= 0.3 is 0 Å². The Morgan fingerprint density at radius 2 is 1.85 bits per heavy atom. The van der Waals surface area contributed by atoms with Gasteiger partial charge in [-0.05, 0) is 41.3 Å². The van der Waals surface area contributed by atoms with E-state index in [-0.39, 0.29) is 0 Å². The van der Waals surface area contributed by atoms with E-state index in [9.17, 15) is 0 Å². The summed E-state index contributed by atoms with van der Waals surface area (Å²) in [5.74, 6) is 1.29. The second kappa shape index (κ2) is 9.38. The molecule has 0 aliphatic rings. The molecule has 1 N–H and O–H groups in total. The van der Waals surface area contributed by atoms with Crippen LogP contribution in [0.1, 0.15) is 5.56 Å². The smallest absolute Gasteiger partial charge is 0.191 e. The quantitative estimate of drug-likeness (QED) is 0.250. The van der Waals surface area contributed by atoms with E-state index in [4.69, 9.17) is 9.72 Å². The number of hydrogen-bond donors (Lipinski definition) is 1. The first-order valence-electron chi connectivity index (χ1n) is 10.5. The molecule has 0 bridgehead atoms. The predicted octanol–water partition coefficient (Wildman–Crippen LogP) is 7.17. The molecule has 1 aromatic carbocycles. The summed E-state index contributed by atoms with van der Waals surface area (Å²) in [6.07, 6.45) is 5.47. The zero-order chi connectivity index (χ0) is 22.7. The van der Waals surface area contributed by atoms with Gasteiger partial charge in [0.2, 0.25) is 0 Å². The molecule has 34 heavy (non-hydrogen) atoms. The molecule has 0 aliphatic carbocycles. The molecule has 0 aliphatic heterocycles. The van der Waals surface area contributed by atoms with Crippen LogP contribution in [0.25, 0.3) is 20.6 Å². The summed E-state index contributed by atoms with van der Waals surface area (Å²) in [5, 5.41) is 6.12. The first kappa shape index (κ1) is 21.0. The molecule has 0 amide bonds. The molecule has 0 saturated carbocycles. The molecular weight excluding hydrogens is 483 g/mol. The normalized spacial score (nSPS) is 11.2. The minimum absolute atomic E-state index is 0.442. The molecule has 5 aromatic heterocycles. The standard InChI is InChI=1S/C25H17N5OS3/c1-2-5-16(6-3-1)15-31-20-13-17(33-21-8-11-26-18-9-12-32-22(18)21)14-28-23(20)30-25-29-19-7-4-10-27-24(19)34-25/h1-14H,15H2,(H,28,29,30). The lowest BCUT2D eigenvalue weighted by molar-refractivity contribution is 0.306. The summed E-state index contributed by atoms with van der Waals surface area (Å²) in [6, 6.07) is 20.0. The number of aromatic nitrogens is 4. The average Bonchev–Trinajstić information content (AvgIpc) is 3.52. The topological polar surface area (TPSA) is 72.8 Å². The SMILES string of the molecule is c1ccc(COc2cc(Sc3ccnc4ccsc34)cnc2Nc2nc3cccnc3s2)cc1. The van der Waals surface area contributed by atoms with Crippen molar-refractivity contribution >= 4 is 65.9 Å². The van der Waals surface area contributed by atoms with Crippen molar-refractivity contribution in [3.05, 3.63) is 90.2 Å². The van der Waals surface area contributed by atoms with Gasteiger partial charge in [0, 0.05) is 28.4 Å². The Labute approximate surface area is 207 Å². The van der Waals surface area contributed by atoms with Crippen LogP contribution in [0.3, 0.4) is 0 Å². The molecule has 0 radical (unpaired) electrons. The molecule has 6 rings (SSSR count). The number of pyridine rings is 3. The maximum absolute atomic E-state index is 6.23. The molecule has 0 fully saturated rings. The van der Waals surface area contributed by atoms with Crippen LogP contribution in [0.4, 0.5) is 10.9 Å². The van der Waals surface area contributed by atoms with Gasteiger partial charge in [-0.2, -0.15) is 0 Å². The third kappa shape index (κ3) is 4.45. The van der Waals surface area contributed by atoms with E-state index in [1.54, 1.807) is 29.3 Å². The summed E-state index contributed by atoms with van der Waals surface area (Å²) in [7, 11) is 0. The molecule has 0 saturated heterocycles. The molecule has 9 heteroatoms. The van der Waals surface area contributed by atoms with Gasteiger partial charge in [-0.3, -0.25) is 4.98 Å². The van der Waals surface area contributed by atoms with Crippen LogP contribution in [-0.2, 0) is 6.61 Å². The molecule has 5 heterocycles. The first-order chi connectivity index (χ1) is 16.8. The van der Waals surface area contributed by atoms with E-state index in [0.717, 1.165) is 36.3 Å². The number of thiazole rings is 1. The predicted molar refractivity (Wildman–Crippen MR) is 139 cm³/mol. The highest BCUT2D eigenvalue weighted by Gasteiger charge is 2.13.